The summed E-state index contributed by atoms with van der Waals surface area (Å²) < 4.78 is 5.53. The molecule has 0 spiro atoms. The van der Waals surface area contributed by atoms with Gasteiger partial charge in [0.1, 0.15) is 11.5 Å². The molecule has 0 unspecified atom stereocenters. The molecule has 0 atom stereocenters. The van der Waals surface area contributed by atoms with Gasteiger partial charge in [-0.3, -0.25) is 4.98 Å². The van der Waals surface area contributed by atoms with Gasteiger partial charge < -0.3 is 4.74 Å². The van der Waals surface area contributed by atoms with Crippen molar-refractivity contribution >= 4 is 23.2 Å². The van der Waals surface area contributed by atoms with E-state index in [2.05, 4.69) is 4.98 Å². The highest BCUT2D eigenvalue weighted by Gasteiger charge is 2.01. The molecular formula is C11H7Cl2NO. The third kappa shape index (κ3) is 2.61. The number of hydrogen-bond donors (Lipinski definition) is 0. The van der Waals surface area contributed by atoms with Crippen molar-refractivity contribution in [1.29, 1.82) is 0 Å². The lowest BCUT2D eigenvalue weighted by molar-refractivity contribution is 0.482. The number of hydrogen-bond acceptors (Lipinski definition) is 2. The van der Waals surface area contributed by atoms with Crippen LogP contribution in [-0.2, 0) is 0 Å². The Labute approximate surface area is 97.4 Å². The molecule has 0 fully saturated rings. The fourth-order valence-corrected chi connectivity index (χ4v) is 1.37. The molecular weight excluding hydrogens is 233 g/mol. The number of aromatic nitrogens is 1. The quantitative estimate of drug-likeness (QED) is 0.785. The maximum Gasteiger partial charge on any atom is 0.130 e. The molecule has 0 bridgehead atoms. The highest BCUT2D eigenvalue weighted by atomic mass is 35.5. The van der Waals surface area contributed by atoms with Gasteiger partial charge >= 0.3 is 0 Å². The van der Waals surface area contributed by atoms with Crippen molar-refractivity contribution in [2.45, 2.75) is 0 Å². The highest BCUT2D eigenvalue weighted by molar-refractivity contribution is 6.42. The molecule has 0 aliphatic carbocycles. The molecule has 2 nitrogen and oxygen atoms in total. The molecule has 76 valence electrons. The molecule has 0 aliphatic heterocycles. The minimum absolute atomic E-state index is 0.475. The van der Waals surface area contributed by atoms with Crippen LogP contribution in [0.3, 0.4) is 0 Å². The minimum Gasteiger partial charge on any atom is -0.457 e. The Hall–Kier alpha value is -1.25. The molecule has 2 rings (SSSR count). The van der Waals surface area contributed by atoms with Crippen LogP contribution in [0.25, 0.3) is 0 Å². The van der Waals surface area contributed by atoms with Gasteiger partial charge in [0.25, 0.3) is 0 Å². The largest absolute Gasteiger partial charge is 0.457 e. The molecule has 0 N–H and O–H groups in total. The van der Waals surface area contributed by atoms with E-state index in [-0.39, 0.29) is 0 Å². The lowest BCUT2D eigenvalue weighted by atomic mass is 10.3. The lowest BCUT2D eigenvalue weighted by Gasteiger charge is -2.05. The van der Waals surface area contributed by atoms with E-state index in [1.165, 1.54) is 0 Å². The first kappa shape index (κ1) is 10.3. The fraction of sp³-hybridized carbons (Fsp3) is 0. The van der Waals surface area contributed by atoms with E-state index in [0.717, 1.165) is 0 Å². The zero-order chi connectivity index (χ0) is 10.7. The first-order valence-corrected chi connectivity index (χ1v) is 5.04. The maximum absolute atomic E-state index is 5.86. The van der Waals surface area contributed by atoms with Crippen molar-refractivity contribution in [2.24, 2.45) is 0 Å². The molecule has 0 aliphatic rings. The van der Waals surface area contributed by atoms with E-state index in [1.807, 2.05) is 0 Å². The van der Waals surface area contributed by atoms with Crippen molar-refractivity contribution in [1.82, 2.24) is 4.98 Å². The molecule has 0 saturated heterocycles. The van der Waals surface area contributed by atoms with E-state index in [0.29, 0.717) is 21.5 Å². The Morgan fingerprint density at radius 2 is 1.60 bits per heavy atom. The van der Waals surface area contributed by atoms with Gasteiger partial charge in [-0.05, 0) is 24.3 Å². The average Bonchev–Trinajstić information content (AvgIpc) is 2.25. The number of rotatable bonds is 2. The van der Waals surface area contributed by atoms with Gasteiger partial charge in [-0.1, -0.05) is 23.2 Å². The maximum atomic E-state index is 5.86. The topological polar surface area (TPSA) is 22.1 Å². The molecule has 1 aromatic heterocycles. The molecule has 0 saturated carbocycles. The van der Waals surface area contributed by atoms with Crippen LogP contribution in [0.4, 0.5) is 0 Å². The van der Waals surface area contributed by atoms with Crippen LogP contribution >= 0.6 is 23.2 Å². The second-order valence-electron chi connectivity index (χ2n) is 2.86. The smallest absolute Gasteiger partial charge is 0.130 e. The first-order valence-electron chi connectivity index (χ1n) is 4.28. The van der Waals surface area contributed by atoms with Crippen molar-refractivity contribution in [3.63, 3.8) is 0 Å². The van der Waals surface area contributed by atoms with Crippen molar-refractivity contribution in [3.8, 4) is 11.5 Å². The summed E-state index contributed by atoms with van der Waals surface area (Å²) in [5.41, 5.74) is 0. The summed E-state index contributed by atoms with van der Waals surface area (Å²) in [6.45, 7) is 0. The number of halogens is 2. The summed E-state index contributed by atoms with van der Waals surface area (Å²) in [6.07, 6.45) is 3.32. The number of pyridine rings is 1. The number of nitrogens with zero attached hydrogens (tertiary/aromatic N) is 1. The second kappa shape index (κ2) is 4.51. The zero-order valence-electron chi connectivity index (χ0n) is 7.65. The third-order valence-corrected chi connectivity index (χ3v) is 2.52. The molecule has 4 heteroatoms. The Balaban J connectivity index is 2.22. The summed E-state index contributed by atoms with van der Waals surface area (Å²) in [5, 5.41) is 0.988. The van der Waals surface area contributed by atoms with Crippen molar-refractivity contribution in [3.05, 3.63) is 52.8 Å². The highest BCUT2D eigenvalue weighted by Crippen LogP contribution is 2.28. The van der Waals surface area contributed by atoms with Gasteiger partial charge in [-0.25, -0.2) is 0 Å². The molecule has 0 amide bonds. The predicted octanol–water partition coefficient (Wildman–Crippen LogP) is 4.18. The second-order valence-corrected chi connectivity index (χ2v) is 3.68. The van der Waals surface area contributed by atoms with Crippen molar-refractivity contribution < 1.29 is 4.74 Å². The van der Waals surface area contributed by atoms with Crippen LogP contribution in [0.15, 0.2) is 42.7 Å². The van der Waals surface area contributed by atoms with E-state index >= 15 is 0 Å². The molecule has 1 heterocycles. The number of benzene rings is 1. The van der Waals surface area contributed by atoms with E-state index in [1.54, 1.807) is 42.7 Å². The normalized spacial score (nSPS) is 10.0. The van der Waals surface area contributed by atoms with Crippen LogP contribution < -0.4 is 4.74 Å². The van der Waals surface area contributed by atoms with Crippen LogP contribution in [0.5, 0.6) is 11.5 Å². The van der Waals surface area contributed by atoms with Gasteiger partial charge in [0.15, 0.2) is 0 Å². The Morgan fingerprint density at radius 1 is 0.867 bits per heavy atom. The Bertz CT molecular complexity index is 459. The van der Waals surface area contributed by atoms with Gasteiger partial charge in [0.05, 0.1) is 10.0 Å². The van der Waals surface area contributed by atoms with Crippen LogP contribution in [0.2, 0.25) is 10.0 Å². The standard InChI is InChI=1S/C11H7Cl2NO/c12-10-2-1-9(7-11(10)13)15-8-3-5-14-6-4-8/h1-7H. The zero-order valence-corrected chi connectivity index (χ0v) is 9.16. The summed E-state index contributed by atoms with van der Waals surface area (Å²) in [7, 11) is 0. The van der Waals surface area contributed by atoms with Gasteiger partial charge in [0.2, 0.25) is 0 Å². The Kier molecular flexibility index (Phi) is 3.09. The van der Waals surface area contributed by atoms with Gasteiger partial charge in [-0.15, -0.1) is 0 Å². The monoisotopic (exact) mass is 239 g/mol. The summed E-state index contributed by atoms with van der Waals surface area (Å²) in [5.74, 6) is 1.36. The summed E-state index contributed by atoms with van der Waals surface area (Å²) in [4.78, 5) is 3.89. The molecule has 15 heavy (non-hydrogen) atoms. The van der Waals surface area contributed by atoms with E-state index in [4.69, 9.17) is 27.9 Å². The van der Waals surface area contributed by atoms with E-state index in [9.17, 15) is 0 Å². The van der Waals surface area contributed by atoms with E-state index < -0.39 is 0 Å². The third-order valence-electron chi connectivity index (χ3n) is 1.78. The summed E-state index contributed by atoms with van der Waals surface area (Å²) in [6, 6.07) is 8.66. The average molecular weight is 240 g/mol. The first-order chi connectivity index (χ1) is 7.25. The molecule has 1 aromatic carbocycles. The predicted molar refractivity (Wildman–Crippen MR) is 60.8 cm³/mol. The fourth-order valence-electron chi connectivity index (χ4n) is 1.08. The van der Waals surface area contributed by atoms with Gasteiger partial charge in [-0.2, -0.15) is 0 Å². The molecule has 0 radical (unpaired) electrons. The van der Waals surface area contributed by atoms with Crippen LogP contribution in [0, 0.1) is 0 Å². The molecule has 2 aromatic rings. The van der Waals surface area contributed by atoms with Crippen molar-refractivity contribution in [2.75, 3.05) is 0 Å². The van der Waals surface area contributed by atoms with Gasteiger partial charge in [0, 0.05) is 18.5 Å². The minimum atomic E-state index is 0.475. The number of ether oxygens (including phenoxy) is 1. The Morgan fingerprint density at radius 3 is 2.27 bits per heavy atom. The SMILES string of the molecule is Clc1ccc(Oc2ccncc2)cc1Cl. The van der Waals surface area contributed by atoms with Crippen LogP contribution in [0.1, 0.15) is 0 Å². The van der Waals surface area contributed by atoms with Crippen LogP contribution in [-0.4, -0.2) is 4.98 Å². The summed E-state index contributed by atoms with van der Waals surface area (Å²) >= 11 is 11.6. The lowest BCUT2D eigenvalue weighted by Crippen LogP contribution is -1.84.